The van der Waals surface area contributed by atoms with Crippen molar-refractivity contribution >= 4 is 11.9 Å². The van der Waals surface area contributed by atoms with Gasteiger partial charge in [0, 0.05) is 11.3 Å². The van der Waals surface area contributed by atoms with E-state index in [1.165, 1.54) is 28.5 Å². The van der Waals surface area contributed by atoms with E-state index < -0.39 is 0 Å². The van der Waals surface area contributed by atoms with Gasteiger partial charge in [0.2, 0.25) is 0 Å². The van der Waals surface area contributed by atoms with Gasteiger partial charge in [0.25, 0.3) is 0 Å². The molecule has 24 heavy (non-hydrogen) atoms. The molecule has 1 saturated carbocycles. The van der Waals surface area contributed by atoms with E-state index in [9.17, 15) is 4.79 Å². The van der Waals surface area contributed by atoms with Gasteiger partial charge in [-0.2, -0.15) is 0 Å². The van der Waals surface area contributed by atoms with E-state index in [2.05, 4.69) is 65.8 Å². The molecule has 0 bridgehead atoms. The molecule has 130 valence electrons. The molecule has 3 rings (SSSR count). The van der Waals surface area contributed by atoms with E-state index in [0.717, 1.165) is 25.7 Å². The molecule has 1 heteroatoms. The average molecular weight is 325 g/mol. The van der Waals surface area contributed by atoms with Gasteiger partial charge in [-0.15, -0.1) is 0 Å². The molecule has 2 atom stereocenters. The highest BCUT2D eigenvalue weighted by Crippen LogP contribution is 2.57. The zero-order valence-corrected chi connectivity index (χ0v) is 16.2. The van der Waals surface area contributed by atoms with Crippen molar-refractivity contribution in [1.29, 1.82) is 0 Å². The predicted octanol–water partition coefficient (Wildman–Crippen LogP) is 6.05. The number of aldehydes is 1. The topological polar surface area (TPSA) is 17.1 Å². The van der Waals surface area contributed by atoms with Crippen LogP contribution in [-0.4, -0.2) is 6.29 Å². The molecular weight excluding hydrogens is 292 g/mol. The Morgan fingerprint density at radius 1 is 1.25 bits per heavy atom. The van der Waals surface area contributed by atoms with Crippen molar-refractivity contribution in [1.82, 2.24) is 0 Å². The largest absolute Gasteiger partial charge is 0.303 e. The van der Waals surface area contributed by atoms with Gasteiger partial charge in [0.05, 0.1) is 0 Å². The highest BCUT2D eigenvalue weighted by atomic mass is 16.1. The quantitative estimate of drug-likeness (QED) is 0.616. The lowest BCUT2D eigenvalue weighted by molar-refractivity contribution is -0.109. The van der Waals surface area contributed by atoms with Crippen LogP contribution >= 0.6 is 0 Å². The van der Waals surface area contributed by atoms with Crippen LogP contribution in [0, 0.1) is 11.3 Å². The van der Waals surface area contributed by atoms with Gasteiger partial charge >= 0.3 is 0 Å². The first kappa shape index (κ1) is 17.5. The molecule has 1 aromatic carbocycles. The summed E-state index contributed by atoms with van der Waals surface area (Å²) in [5.74, 6) is 0.217. The van der Waals surface area contributed by atoms with Gasteiger partial charge in [0.15, 0.2) is 0 Å². The zero-order chi connectivity index (χ0) is 17.8. The molecule has 1 nitrogen and oxygen atoms in total. The second-order valence-electron chi connectivity index (χ2n) is 9.57. The van der Waals surface area contributed by atoms with E-state index in [-0.39, 0.29) is 22.2 Å². The molecule has 2 aliphatic rings. The zero-order valence-electron chi connectivity index (χ0n) is 16.2. The lowest BCUT2D eigenvalue weighted by Crippen LogP contribution is -2.25. The number of fused-ring (bicyclic) bond motifs is 1. The fourth-order valence-corrected chi connectivity index (χ4v) is 4.68. The second kappa shape index (κ2) is 5.58. The fraction of sp³-hybridized carbons (Fsp3) is 0.609. The summed E-state index contributed by atoms with van der Waals surface area (Å²) >= 11 is 0. The summed E-state index contributed by atoms with van der Waals surface area (Å²) < 4.78 is 0. The van der Waals surface area contributed by atoms with Crippen LogP contribution in [0.1, 0.15) is 83.9 Å². The lowest BCUT2D eigenvalue weighted by atomic mass is 9.67. The van der Waals surface area contributed by atoms with Crippen molar-refractivity contribution in [3.63, 3.8) is 0 Å². The Balaban J connectivity index is 2.13. The summed E-state index contributed by atoms with van der Waals surface area (Å²) in [5.41, 5.74) is 6.18. The summed E-state index contributed by atoms with van der Waals surface area (Å²) in [4.78, 5) is 11.4. The second-order valence-corrected chi connectivity index (χ2v) is 9.57. The van der Waals surface area contributed by atoms with Crippen molar-refractivity contribution in [2.75, 3.05) is 0 Å². The van der Waals surface area contributed by atoms with E-state index in [4.69, 9.17) is 0 Å². The molecule has 0 unspecified atom stereocenters. The number of hydrogen-bond acceptors (Lipinski definition) is 1. The van der Waals surface area contributed by atoms with Crippen LogP contribution in [0.3, 0.4) is 0 Å². The number of carbonyl (C=O) groups excluding carboxylic acids is 1. The highest BCUT2D eigenvalue weighted by Gasteiger charge is 2.54. The molecular formula is C23H32O. The van der Waals surface area contributed by atoms with E-state index >= 15 is 0 Å². The van der Waals surface area contributed by atoms with Crippen LogP contribution in [0.15, 0.2) is 24.3 Å². The smallest absolute Gasteiger partial charge is 0.123 e. The summed E-state index contributed by atoms with van der Waals surface area (Å²) in [6, 6.07) is 7.08. The molecule has 1 aromatic rings. The number of carbonyl (C=O) groups is 1. The van der Waals surface area contributed by atoms with Crippen LogP contribution < -0.4 is 0 Å². The Hall–Kier alpha value is -1.37. The highest BCUT2D eigenvalue weighted by molar-refractivity contribution is 5.76. The molecule has 1 fully saturated rings. The van der Waals surface area contributed by atoms with Crippen molar-refractivity contribution in [3.8, 4) is 0 Å². The molecule has 0 amide bonds. The summed E-state index contributed by atoms with van der Waals surface area (Å²) in [6.07, 6.45) is 8.01. The lowest BCUT2D eigenvalue weighted by Gasteiger charge is -2.37. The summed E-state index contributed by atoms with van der Waals surface area (Å²) in [6.45, 7) is 13.8. The van der Waals surface area contributed by atoms with E-state index in [1.807, 2.05) is 0 Å². The minimum atomic E-state index is 0.107. The molecule has 0 N–H and O–H groups in total. The van der Waals surface area contributed by atoms with Gasteiger partial charge in [-0.05, 0) is 52.4 Å². The Labute approximate surface area is 147 Å². The van der Waals surface area contributed by atoms with Gasteiger partial charge in [-0.3, -0.25) is 0 Å². The van der Waals surface area contributed by atoms with Crippen molar-refractivity contribution in [3.05, 3.63) is 41.0 Å². The van der Waals surface area contributed by atoms with Crippen molar-refractivity contribution < 1.29 is 4.79 Å². The van der Waals surface area contributed by atoms with Crippen LogP contribution in [0.25, 0.3) is 5.57 Å². The molecule has 0 aliphatic heterocycles. The van der Waals surface area contributed by atoms with Crippen molar-refractivity contribution in [2.24, 2.45) is 11.3 Å². The Morgan fingerprint density at radius 3 is 2.50 bits per heavy atom. The van der Waals surface area contributed by atoms with E-state index in [0.29, 0.717) is 0 Å². The number of benzene rings is 1. The molecule has 2 aliphatic carbocycles. The predicted molar refractivity (Wildman–Crippen MR) is 102 cm³/mol. The van der Waals surface area contributed by atoms with Crippen LogP contribution in [-0.2, 0) is 15.6 Å². The van der Waals surface area contributed by atoms with Crippen LogP contribution in [0.2, 0.25) is 0 Å². The Morgan fingerprint density at radius 2 is 1.96 bits per heavy atom. The minimum Gasteiger partial charge on any atom is -0.303 e. The third-order valence-corrected chi connectivity index (χ3v) is 6.23. The number of hydrogen-bond donors (Lipinski definition) is 0. The van der Waals surface area contributed by atoms with Crippen LogP contribution in [0.5, 0.6) is 0 Å². The average Bonchev–Trinajstić information content (AvgIpc) is 3.20. The third kappa shape index (κ3) is 2.66. The maximum atomic E-state index is 11.4. The van der Waals surface area contributed by atoms with Gasteiger partial charge < -0.3 is 4.79 Å². The summed E-state index contributed by atoms with van der Waals surface area (Å²) in [7, 11) is 0. The monoisotopic (exact) mass is 324 g/mol. The maximum absolute atomic E-state index is 11.4. The molecule has 0 saturated heterocycles. The third-order valence-electron chi connectivity index (χ3n) is 6.23. The molecule has 0 spiro atoms. The Bertz CT molecular complexity index is 686. The standard InChI is InChI=1S/C23H32O/c1-7-11-23(14-17(23)15-24)16-8-9-20-18(13-16)19(21(2,3)4)10-12-22(20,5)6/h8-10,13,15,17H,7,11-12,14H2,1-6H3/t17-,23+/m0/s1. The summed E-state index contributed by atoms with van der Waals surface area (Å²) in [5, 5.41) is 0. The number of rotatable bonds is 4. The maximum Gasteiger partial charge on any atom is 0.123 e. The van der Waals surface area contributed by atoms with Gasteiger partial charge in [-0.25, -0.2) is 0 Å². The minimum absolute atomic E-state index is 0.107. The number of allylic oxidation sites excluding steroid dienone is 2. The van der Waals surface area contributed by atoms with Gasteiger partial charge in [-0.1, -0.05) is 72.2 Å². The first-order valence-corrected chi connectivity index (χ1v) is 9.47. The fourth-order valence-electron chi connectivity index (χ4n) is 4.68. The normalized spacial score (nSPS) is 28.1. The molecule has 0 heterocycles. The van der Waals surface area contributed by atoms with E-state index in [1.54, 1.807) is 0 Å². The molecule has 0 aromatic heterocycles. The molecule has 0 radical (unpaired) electrons. The first-order valence-electron chi connectivity index (χ1n) is 9.47. The Kier molecular flexibility index (Phi) is 4.06. The SMILES string of the molecule is CCC[C@]1(c2ccc3c(c2)C(C(C)(C)C)=CCC3(C)C)C[C@H]1C=O. The van der Waals surface area contributed by atoms with Crippen molar-refractivity contribution in [2.45, 2.75) is 78.1 Å². The van der Waals surface area contributed by atoms with Gasteiger partial charge in [0.1, 0.15) is 6.29 Å². The van der Waals surface area contributed by atoms with Crippen LogP contribution in [0.4, 0.5) is 0 Å². The first-order chi connectivity index (χ1) is 11.2.